The smallest absolute Gasteiger partial charge is 0.381 e. The van der Waals surface area contributed by atoms with Gasteiger partial charge >= 0.3 is 35.5 Å². The van der Waals surface area contributed by atoms with Gasteiger partial charge in [-0.15, -0.1) is 0 Å². The lowest BCUT2D eigenvalue weighted by atomic mass is 10.2. The van der Waals surface area contributed by atoms with Gasteiger partial charge < -0.3 is 31.0 Å². The lowest BCUT2D eigenvalue weighted by Crippen LogP contribution is -2.39. The third-order valence-electron chi connectivity index (χ3n) is 5.33. The highest BCUT2D eigenvalue weighted by Crippen LogP contribution is 2.25. The number of carbonyl (C=O) groups is 3. The van der Waals surface area contributed by atoms with Crippen LogP contribution in [0.1, 0.15) is 19.5 Å². The van der Waals surface area contributed by atoms with E-state index in [0.29, 0.717) is 28.5 Å². The number of allylic oxidation sites excluding steroid dienone is 2. The molecule has 2 aromatic carbocycles. The number of aromatic nitrogens is 2. The van der Waals surface area contributed by atoms with E-state index in [1.165, 1.54) is 13.8 Å². The Morgan fingerprint density at radius 3 is 1.86 bits per heavy atom. The first-order valence-electron chi connectivity index (χ1n) is 14.8. The topological polar surface area (TPSA) is 188 Å². The maximum Gasteiger partial charge on any atom is 0.381 e. The van der Waals surface area contributed by atoms with Crippen LogP contribution in [-0.4, -0.2) is 67.8 Å². The van der Waals surface area contributed by atoms with Gasteiger partial charge in [0, 0.05) is 0 Å². The summed E-state index contributed by atoms with van der Waals surface area (Å²) in [5.74, 6) is -15.7. The number of nitrogens with zero attached hydrogens (tertiary/aromatic N) is 1. The number of H-pyrrole nitrogens is 1. The predicted octanol–water partition coefficient (Wildman–Crippen LogP) is 4.78. The number of nitrogen functional groups attached to an aromatic ring is 2. The maximum atomic E-state index is 13.3. The number of benzene rings is 2. The highest BCUT2D eigenvalue weighted by atomic mass is 31.0. The monoisotopic (exact) mass is 728 g/mol. The van der Waals surface area contributed by atoms with E-state index in [-0.39, 0.29) is 25.4 Å². The zero-order chi connectivity index (χ0) is 40.9. The molecule has 3 aromatic rings. The lowest BCUT2D eigenvalue weighted by molar-refractivity contribution is -0.168. The number of aliphatic hydroxyl groups is 1. The van der Waals surface area contributed by atoms with Gasteiger partial charge in [-0.1, -0.05) is 44.0 Å². The molecule has 0 saturated heterocycles. The third-order valence-corrected chi connectivity index (χ3v) is 5.33. The zero-order valence-corrected chi connectivity index (χ0v) is 27.1. The van der Waals surface area contributed by atoms with Crippen LogP contribution in [0.25, 0.3) is 11.0 Å². The van der Waals surface area contributed by atoms with Crippen LogP contribution >= 0.6 is 9.73 Å². The number of halogens is 6. The number of hydrogen-bond donors (Lipinski definition) is 4. The van der Waals surface area contributed by atoms with Crippen LogP contribution in [0, 0.1) is 0 Å². The van der Waals surface area contributed by atoms with Crippen LogP contribution in [0.15, 0.2) is 91.3 Å². The Bertz CT molecular complexity index is 1680. The number of nitrogens with one attached hydrogen (secondary N) is 1. The summed E-state index contributed by atoms with van der Waals surface area (Å²) in [5.41, 5.74) is 11.1. The van der Waals surface area contributed by atoms with Crippen molar-refractivity contribution in [2.45, 2.75) is 37.7 Å². The van der Waals surface area contributed by atoms with Gasteiger partial charge in [-0.25, -0.2) is 14.6 Å². The Hall–Kier alpha value is -5.02. The van der Waals surface area contributed by atoms with Crippen molar-refractivity contribution in [3.63, 3.8) is 0 Å². The summed E-state index contributed by atoms with van der Waals surface area (Å²) in [7, 11) is -1.87. The van der Waals surface area contributed by atoms with Crippen LogP contribution in [-0.2, 0) is 29.8 Å². The van der Waals surface area contributed by atoms with Crippen LogP contribution in [0.3, 0.4) is 0 Å². The number of rotatable bonds is 10. The number of alkyl halides is 6. The molecule has 270 valence electrons. The van der Waals surface area contributed by atoms with Gasteiger partial charge in [0.1, 0.15) is 0 Å². The molecule has 0 saturated carbocycles. The predicted molar refractivity (Wildman–Crippen MR) is 177 cm³/mol. The Morgan fingerprint density at radius 1 is 0.939 bits per heavy atom. The number of carbonyl (C=O) groups excluding carboxylic acids is 3. The summed E-state index contributed by atoms with van der Waals surface area (Å²) in [5, 5.41) is 8.68. The van der Waals surface area contributed by atoms with Crippen molar-refractivity contribution in [3.05, 3.63) is 103 Å². The molecule has 0 fully saturated rings. The van der Waals surface area contributed by atoms with Crippen molar-refractivity contribution in [3.8, 4) is 0 Å². The first-order chi connectivity index (χ1) is 24.0. The van der Waals surface area contributed by atoms with Gasteiger partial charge in [-0.2, -0.15) is 36.1 Å². The van der Waals surface area contributed by atoms with Crippen molar-refractivity contribution in [2.75, 3.05) is 24.7 Å². The van der Waals surface area contributed by atoms with E-state index in [9.17, 15) is 45.5 Å². The second-order valence-electron chi connectivity index (χ2n) is 8.80. The van der Waals surface area contributed by atoms with Gasteiger partial charge in [-0.05, 0) is 56.3 Å². The average molecular weight is 729 g/mol. The molecule has 18 heteroatoms. The summed E-state index contributed by atoms with van der Waals surface area (Å²) in [4.78, 5) is 48.9. The van der Waals surface area contributed by atoms with Crippen molar-refractivity contribution < 1.29 is 55.3 Å². The Morgan fingerprint density at radius 2 is 1.43 bits per heavy atom. The summed E-state index contributed by atoms with van der Waals surface area (Å²) in [6.45, 7) is 11.2. The summed E-state index contributed by atoms with van der Waals surface area (Å²) < 4.78 is 102. The number of aliphatic hydroxyl groups excluding tert-OH is 1. The number of ether oxygens (including phenoxy) is 2. The molecule has 3 rings (SSSR count). The van der Waals surface area contributed by atoms with Crippen molar-refractivity contribution in [2.24, 2.45) is 0 Å². The second-order valence-corrected chi connectivity index (χ2v) is 8.80. The Balaban J connectivity index is 0. The van der Waals surface area contributed by atoms with Crippen LogP contribution < -0.4 is 17.0 Å². The molecule has 0 radical (unpaired) electrons. The maximum absolute atomic E-state index is 13.3. The lowest BCUT2D eigenvalue weighted by Gasteiger charge is -2.16. The van der Waals surface area contributed by atoms with Crippen LogP contribution in [0.5, 0.6) is 0 Å². The first-order valence-corrected chi connectivity index (χ1v) is 13.5. The van der Waals surface area contributed by atoms with Crippen molar-refractivity contribution >= 4 is 49.9 Å². The minimum absolute atomic E-state index is 0.0525. The SMILES string of the molecule is C=CC(F)(F)C(=O)C(=O)OCC.C=CC(F)(F)C(O)C(=O)OCC.C=CC(F)(F)c1nc2ccccc2[nH]c1=O.Nc1ccccc1N.[3H]P([3H])[3H]. The van der Waals surface area contributed by atoms with E-state index in [4.69, 9.17) is 20.4 Å². The highest BCUT2D eigenvalue weighted by molar-refractivity contribution is 6.92. The summed E-state index contributed by atoms with van der Waals surface area (Å²) >= 11 is 0. The van der Waals surface area contributed by atoms with E-state index in [1.54, 1.807) is 36.4 Å². The number of Topliss-reactive ketones (excluding diaryl/α,β-unsaturated/α-hetero) is 1. The fraction of sp³-hybridized carbons (Fsp3) is 0.258. The molecule has 0 aliphatic heterocycles. The number of nitrogens with two attached hydrogens (primary N) is 2. The van der Waals surface area contributed by atoms with Crippen LogP contribution in [0.2, 0.25) is 0 Å². The molecular weight excluding hydrogens is 685 g/mol. The largest absolute Gasteiger partial charge is 0.464 e. The van der Waals surface area contributed by atoms with Gasteiger partial charge in [0.2, 0.25) is 6.10 Å². The standard InChI is InChI=1S/C11H8F2N2O.C7H10F2O3.C7H8F2O3.C6H8N2.H3P/c1-2-11(12,13)9-10(16)15-8-6-4-3-5-7(8)14-9;2*1-3-7(8,9)5(10)6(11)12-4-2;7-5-3-1-2-4-6(5)8;/h2-6H,1H2,(H,15,16);3,5,10H,1,4H2,2H3;3H,1,4H2,2H3;1-4H,7-8H2;1H3/i;;;;1T3. The minimum Gasteiger partial charge on any atom is -0.464 e. The van der Waals surface area contributed by atoms with E-state index < -0.39 is 62.6 Å². The molecule has 1 atom stereocenters. The minimum atomic E-state index is -3.83. The number of anilines is 2. The van der Waals surface area contributed by atoms with E-state index in [0.717, 1.165) is 0 Å². The zero-order valence-electron chi connectivity index (χ0n) is 29.2. The molecule has 0 aliphatic rings. The average Bonchev–Trinajstić information content (AvgIpc) is 3.09. The molecule has 11 nitrogen and oxygen atoms in total. The molecule has 1 heterocycles. The number of hydrogen-bond acceptors (Lipinski definition) is 10. The number of fused-ring (bicyclic) bond motifs is 1. The van der Waals surface area contributed by atoms with Gasteiger partial charge in [0.25, 0.3) is 5.56 Å². The van der Waals surface area contributed by atoms with Gasteiger partial charge in [0.05, 0.1) is 39.5 Å². The van der Waals surface area contributed by atoms with E-state index >= 15 is 0 Å². The Labute approximate surface area is 284 Å². The highest BCUT2D eigenvalue weighted by Gasteiger charge is 2.42. The number of aromatic amines is 1. The molecule has 1 aromatic heterocycles. The molecule has 0 spiro atoms. The number of esters is 2. The fourth-order valence-electron chi connectivity index (χ4n) is 2.78. The van der Waals surface area contributed by atoms with Crippen molar-refractivity contribution in [1.29, 1.82) is 3.84 Å². The van der Waals surface area contributed by atoms with Gasteiger partial charge in [0.15, 0.2) is 5.69 Å². The molecule has 6 N–H and O–H groups in total. The summed E-state index contributed by atoms with van der Waals surface area (Å²) in [6.07, 6.45) is -1.75. The van der Waals surface area contributed by atoms with E-state index in [1.807, 2.05) is 12.1 Å². The first kappa shape index (κ1) is 40.2. The molecular formula is C31H37F6N4O7P. The van der Waals surface area contributed by atoms with Gasteiger partial charge in [-0.3, -0.25) is 9.59 Å². The Kier molecular flexibility index (Phi) is 17.3. The number of para-hydroxylation sites is 4. The molecule has 0 amide bonds. The van der Waals surface area contributed by atoms with E-state index in [2.05, 4.69) is 39.2 Å². The second kappa shape index (κ2) is 21.1. The summed E-state index contributed by atoms with van der Waals surface area (Å²) in [6, 6.07) is 13.7. The fourth-order valence-corrected chi connectivity index (χ4v) is 2.78. The van der Waals surface area contributed by atoms with Crippen LogP contribution in [0.4, 0.5) is 37.7 Å². The molecule has 0 aliphatic carbocycles. The molecule has 0 bridgehead atoms. The number of ketones is 1. The normalized spacial score (nSPS) is 12.0. The third kappa shape index (κ3) is 14.7. The van der Waals surface area contributed by atoms with Crippen molar-refractivity contribution in [1.82, 2.24) is 9.97 Å². The molecule has 49 heavy (non-hydrogen) atoms. The molecule has 1 unspecified atom stereocenters. The quantitative estimate of drug-likeness (QED) is 0.0565.